The molecule has 1 fully saturated rings. The van der Waals surface area contributed by atoms with E-state index >= 15 is 0 Å². The molecule has 0 aromatic carbocycles. The lowest BCUT2D eigenvalue weighted by molar-refractivity contribution is 0.0701. The van der Waals surface area contributed by atoms with E-state index in [1.807, 2.05) is 6.92 Å². The number of carboxylic acids is 1. The van der Waals surface area contributed by atoms with Gasteiger partial charge in [-0.15, -0.1) is 11.3 Å². The quantitative estimate of drug-likeness (QED) is 0.907. The summed E-state index contributed by atoms with van der Waals surface area (Å²) < 4.78 is 0. The zero-order chi connectivity index (χ0) is 14.3. The lowest BCUT2D eigenvalue weighted by atomic mass is 10.1. The molecule has 2 atom stereocenters. The average molecular weight is 291 g/mol. The zero-order valence-electron chi connectivity index (χ0n) is 11.5. The maximum Gasteiger partial charge on any atom is 0.346 e. The molecule has 0 radical (unpaired) electrons. The van der Waals surface area contributed by atoms with Crippen molar-refractivity contribution in [2.24, 2.45) is 5.92 Å². The third-order valence-electron chi connectivity index (χ3n) is 3.96. The van der Waals surface area contributed by atoms with Crippen LogP contribution in [-0.2, 0) is 0 Å². The van der Waals surface area contributed by atoms with Gasteiger partial charge in [0.25, 0.3) is 0 Å². The van der Waals surface area contributed by atoms with Gasteiger partial charge in [-0.1, -0.05) is 6.92 Å². The van der Waals surface area contributed by atoms with E-state index in [4.69, 9.17) is 0 Å². The minimum atomic E-state index is -0.897. The monoisotopic (exact) mass is 291 g/mol. The summed E-state index contributed by atoms with van der Waals surface area (Å²) in [5, 5.41) is 13.5. The summed E-state index contributed by atoms with van der Waals surface area (Å²) in [6, 6.07) is 0.427. The summed E-state index contributed by atoms with van der Waals surface area (Å²) in [6.45, 7) is 4.09. The van der Waals surface area contributed by atoms with Gasteiger partial charge in [0.1, 0.15) is 21.9 Å². The number of rotatable bonds is 3. The molecule has 2 N–H and O–H groups in total. The average Bonchev–Trinajstić information content (AvgIpc) is 2.95. The fraction of sp³-hybridized carbons (Fsp3) is 0.500. The third kappa shape index (κ3) is 2.24. The summed E-state index contributed by atoms with van der Waals surface area (Å²) in [5.74, 6) is 0.615. The molecule has 3 rings (SSSR count). The molecule has 20 heavy (non-hydrogen) atoms. The number of aromatic carboxylic acids is 1. The van der Waals surface area contributed by atoms with Crippen molar-refractivity contribution in [1.82, 2.24) is 9.97 Å². The number of carboxylic acid groups (broad SMARTS) is 1. The van der Waals surface area contributed by atoms with Crippen molar-refractivity contribution < 1.29 is 9.90 Å². The number of nitrogens with zero attached hydrogens (tertiary/aromatic N) is 2. The Balaban J connectivity index is 2.00. The van der Waals surface area contributed by atoms with E-state index < -0.39 is 5.97 Å². The number of fused-ring (bicyclic) bond motifs is 1. The zero-order valence-corrected chi connectivity index (χ0v) is 12.3. The molecule has 2 aromatic heterocycles. The van der Waals surface area contributed by atoms with E-state index in [0.29, 0.717) is 10.9 Å². The Bertz CT molecular complexity index is 668. The van der Waals surface area contributed by atoms with Gasteiger partial charge >= 0.3 is 5.97 Å². The Morgan fingerprint density at radius 1 is 1.45 bits per heavy atom. The van der Waals surface area contributed by atoms with Crippen LogP contribution in [0, 0.1) is 12.8 Å². The standard InChI is InChI=1S/C14H17N3O2S/c1-7-3-4-9(5-7)17-12-10-8(2)11(14(18)19)20-13(10)16-6-15-12/h6-7,9H,3-5H2,1-2H3,(H,18,19)(H,15,16,17). The topological polar surface area (TPSA) is 75.1 Å². The summed E-state index contributed by atoms with van der Waals surface area (Å²) in [6.07, 6.45) is 5.02. The Labute approximate surface area is 121 Å². The van der Waals surface area contributed by atoms with Crippen molar-refractivity contribution in [3.8, 4) is 0 Å². The molecule has 1 aliphatic carbocycles. The predicted molar refractivity (Wildman–Crippen MR) is 79.5 cm³/mol. The molecule has 2 unspecified atom stereocenters. The van der Waals surface area contributed by atoms with Gasteiger partial charge in [-0.25, -0.2) is 14.8 Å². The van der Waals surface area contributed by atoms with Crippen LogP contribution in [0.25, 0.3) is 10.2 Å². The lowest BCUT2D eigenvalue weighted by Crippen LogP contribution is -2.16. The summed E-state index contributed by atoms with van der Waals surface area (Å²) in [4.78, 5) is 20.8. The van der Waals surface area contributed by atoms with Crippen molar-refractivity contribution in [3.05, 3.63) is 16.8 Å². The van der Waals surface area contributed by atoms with Crippen molar-refractivity contribution in [1.29, 1.82) is 0 Å². The first kappa shape index (κ1) is 13.3. The van der Waals surface area contributed by atoms with E-state index in [1.54, 1.807) is 0 Å². The number of anilines is 1. The van der Waals surface area contributed by atoms with E-state index in [9.17, 15) is 9.90 Å². The molecule has 0 spiro atoms. The highest BCUT2D eigenvalue weighted by atomic mass is 32.1. The van der Waals surface area contributed by atoms with Gasteiger partial charge in [0.15, 0.2) is 0 Å². The van der Waals surface area contributed by atoms with Crippen LogP contribution in [0.15, 0.2) is 6.33 Å². The van der Waals surface area contributed by atoms with Crippen LogP contribution in [0.4, 0.5) is 5.82 Å². The highest BCUT2D eigenvalue weighted by Gasteiger charge is 2.24. The van der Waals surface area contributed by atoms with Crippen LogP contribution in [-0.4, -0.2) is 27.1 Å². The minimum absolute atomic E-state index is 0.350. The van der Waals surface area contributed by atoms with Crippen LogP contribution in [0.3, 0.4) is 0 Å². The van der Waals surface area contributed by atoms with Gasteiger partial charge < -0.3 is 10.4 Å². The van der Waals surface area contributed by atoms with E-state index in [1.165, 1.54) is 24.1 Å². The van der Waals surface area contributed by atoms with Gasteiger partial charge in [-0.2, -0.15) is 0 Å². The normalized spacial score (nSPS) is 22.3. The molecule has 0 amide bonds. The Morgan fingerprint density at radius 3 is 2.90 bits per heavy atom. The molecule has 5 nitrogen and oxygen atoms in total. The van der Waals surface area contributed by atoms with Crippen LogP contribution in [0.2, 0.25) is 0 Å². The third-order valence-corrected chi connectivity index (χ3v) is 5.14. The highest BCUT2D eigenvalue weighted by molar-refractivity contribution is 7.20. The van der Waals surface area contributed by atoms with E-state index in [2.05, 4.69) is 22.2 Å². The SMILES string of the molecule is Cc1c(C(=O)O)sc2ncnc(NC3CCC(C)C3)c12. The Hall–Kier alpha value is -1.69. The second-order valence-electron chi connectivity index (χ2n) is 5.52. The molecule has 0 bridgehead atoms. The number of aryl methyl sites for hydroxylation is 1. The molecular formula is C14H17N3O2S. The van der Waals surface area contributed by atoms with Gasteiger partial charge in [0, 0.05) is 6.04 Å². The molecule has 2 heterocycles. The Kier molecular flexibility index (Phi) is 3.33. The minimum Gasteiger partial charge on any atom is -0.477 e. The summed E-state index contributed by atoms with van der Waals surface area (Å²) in [7, 11) is 0. The molecule has 1 saturated carbocycles. The van der Waals surface area contributed by atoms with Gasteiger partial charge in [-0.3, -0.25) is 0 Å². The van der Waals surface area contributed by atoms with Crippen LogP contribution >= 0.6 is 11.3 Å². The molecule has 0 saturated heterocycles. The maximum absolute atomic E-state index is 11.2. The first-order valence-corrected chi connectivity index (χ1v) is 7.62. The fourth-order valence-electron chi connectivity index (χ4n) is 2.92. The molecule has 6 heteroatoms. The number of nitrogens with one attached hydrogen (secondary N) is 1. The second kappa shape index (κ2) is 5.01. The molecule has 2 aromatic rings. The van der Waals surface area contributed by atoms with Crippen LogP contribution in [0.1, 0.15) is 41.4 Å². The number of hydrogen-bond acceptors (Lipinski definition) is 5. The fourth-order valence-corrected chi connectivity index (χ4v) is 3.90. The summed E-state index contributed by atoms with van der Waals surface area (Å²) in [5.41, 5.74) is 0.756. The largest absolute Gasteiger partial charge is 0.477 e. The van der Waals surface area contributed by atoms with Gasteiger partial charge in [-0.05, 0) is 37.7 Å². The number of carbonyl (C=O) groups is 1. The number of aromatic nitrogens is 2. The summed E-state index contributed by atoms with van der Waals surface area (Å²) >= 11 is 1.21. The number of hydrogen-bond donors (Lipinski definition) is 2. The maximum atomic E-state index is 11.2. The van der Waals surface area contributed by atoms with Crippen molar-refractivity contribution >= 4 is 33.3 Å². The smallest absolute Gasteiger partial charge is 0.346 e. The van der Waals surface area contributed by atoms with Gasteiger partial charge in [0.05, 0.1) is 5.39 Å². The van der Waals surface area contributed by atoms with Crippen LogP contribution < -0.4 is 5.32 Å². The molecule has 106 valence electrons. The van der Waals surface area contributed by atoms with Crippen molar-refractivity contribution in [3.63, 3.8) is 0 Å². The first-order valence-electron chi connectivity index (χ1n) is 6.80. The van der Waals surface area contributed by atoms with E-state index in [-0.39, 0.29) is 0 Å². The molecule has 1 aliphatic rings. The molecule has 0 aliphatic heterocycles. The second-order valence-corrected chi connectivity index (χ2v) is 6.52. The first-order chi connectivity index (χ1) is 9.56. The van der Waals surface area contributed by atoms with Crippen LogP contribution in [0.5, 0.6) is 0 Å². The van der Waals surface area contributed by atoms with Gasteiger partial charge in [0.2, 0.25) is 0 Å². The highest BCUT2D eigenvalue weighted by Crippen LogP contribution is 2.35. The van der Waals surface area contributed by atoms with E-state index in [0.717, 1.165) is 40.4 Å². The predicted octanol–water partition coefficient (Wildman–Crippen LogP) is 3.30. The van der Waals surface area contributed by atoms with Crippen molar-refractivity contribution in [2.75, 3.05) is 5.32 Å². The molecular weight excluding hydrogens is 274 g/mol. The lowest BCUT2D eigenvalue weighted by Gasteiger charge is -2.14. The van der Waals surface area contributed by atoms with Crippen molar-refractivity contribution in [2.45, 2.75) is 39.2 Å². The number of thiophene rings is 1. The Morgan fingerprint density at radius 2 is 2.25 bits per heavy atom.